The summed E-state index contributed by atoms with van der Waals surface area (Å²) in [5, 5.41) is 14.6. The molecule has 0 saturated carbocycles. The average Bonchev–Trinajstić information content (AvgIpc) is 2.99. The van der Waals surface area contributed by atoms with Gasteiger partial charge in [-0.2, -0.15) is 0 Å². The number of rotatable bonds is 6. The van der Waals surface area contributed by atoms with Crippen molar-refractivity contribution < 1.29 is 19.0 Å². The van der Waals surface area contributed by atoms with Crippen molar-refractivity contribution in [2.75, 3.05) is 26.1 Å². The zero-order valence-electron chi connectivity index (χ0n) is 13.9. The molecule has 2 aromatic heterocycles. The van der Waals surface area contributed by atoms with Crippen LogP contribution in [0.3, 0.4) is 0 Å². The standard InChI is InChI=1S/C18H20N2O4/c1-11-8-14-17(24-11)6-7-19-18(14)20-10-15(21)13-9-12(22-2)4-5-16(13)23-3/h4-9,15,21H,10H2,1-3H3,(H,19,20). The summed E-state index contributed by atoms with van der Waals surface area (Å²) < 4.78 is 16.1. The molecular weight excluding hydrogens is 308 g/mol. The van der Waals surface area contributed by atoms with Crippen molar-refractivity contribution >= 4 is 16.8 Å². The van der Waals surface area contributed by atoms with E-state index >= 15 is 0 Å². The van der Waals surface area contributed by atoms with Gasteiger partial charge in [0.1, 0.15) is 28.7 Å². The molecule has 1 unspecified atom stereocenters. The smallest absolute Gasteiger partial charge is 0.139 e. The minimum Gasteiger partial charge on any atom is -0.497 e. The van der Waals surface area contributed by atoms with E-state index in [0.29, 0.717) is 22.9 Å². The van der Waals surface area contributed by atoms with Gasteiger partial charge in [0.2, 0.25) is 0 Å². The van der Waals surface area contributed by atoms with Crippen LogP contribution in [-0.2, 0) is 0 Å². The van der Waals surface area contributed by atoms with E-state index in [9.17, 15) is 5.11 Å². The maximum Gasteiger partial charge on any atom is 0.139 e. The van der Waals surface area contributed by atoms with E-state index in [1.165, 1.54) is 0 Å². The van der Waals surface area contributed by atoms with E-state index < -0.39 is 6.10 Å². The van der Waals surface area contributed by atoms with Crippen LogP contribution in [0.15, 0.2) is 40.9 Å². The lowest BCUT2D eigenvalue weighted by atomic mass is 10.1. The Kier molecular flexibility index (Phi) is 4.57. The van der Waals surface area contributed by atoms with Gasteiger partial charge in [-0.1, -0.05) is 0 Å². The first kappa shape index (κ1) is 16.1. The summed E-state index contributed by atoms with van der Waals surface area (Å²) in [5.74, 6) is 2.76. The Morgan fingerprint density at radius 3 is 2.79 bits per heavy atom. The molecule has 2 N–H and O–H groups in total. The molecule has 1 atom stereocenters. The number of anilines is 1. The minimum absolute atomic E-state index is 0.278. The van der Waals surface area contributed by atoms with E-state index in [-0.39, 0.29) is 6.54 Å². The first-order chi connectivity index (χ1) is 11.6. The van der Waals surface area contributed by atoms with Gasteiger partial charge in [0, 0.05) is 18.3 Å². The molecule has 0 aliphatic heterocycles. The predicted molar refractivity (Wildman–Crippen MR) is 91.7 cm³/mol. The SMILES string of the molecule is COc1ccc(OC)c(C(O)CNc2nccc3oc(C)cc23)c1. The maximum absolute atomic E-state index is 10.5. The van der Waals surface area contributed by atoms with Gasteiger partial charge in [-0.15, -0.1) is 0 Å². The van der Waals surface area contributed by atoms with Gasteiger partial charge in [-0.25, -0.2) is 4.98 Å². The number of ether oxygens (including phenoxy) is 2. The molecule has 0 aliphatic rings. The number of aromatic nitrogens is 1. The second-order valence-corrected chi connectivity index (χ2v) is 5.43. The fourth-order valence-electron chi connectivity index (χ4n) is 2.63. The summed E-state index contributed by atoms with van der Waals surface area (Å²) in [7, 11) is 3.16. The summed E-state index contributed by atoms with van der Waals surface area (Å²) in [6, 6.07) is 9.06. The normalized spacial score (nSPS) is 12.2. The Labute approximate surface area is 140 Å². The molecule has 0 bridgehead atoms. The number of pyridine rings is 1. The van der Waals surface area contributed by atoms with Gasteiger partial charge in [0.05, 0.1) is 25.7 Å². The van der Waals surface area contributed by atoms with Crippen LogP contribution in [0.25, 0.3) is 11.0 Å². The van der Waals surface area contributed by atoms with Gasteiger partial charge < -0.3 is 24.3 Å². The molecule has 6 nitrogen and oxygen atoms in total. The van der Waals surface area contributed by atoms with Gasteiger partial charge in [-0.05, 0) is 37.3 Å². The molecule has 0 fully saturated rings. The Bertz CT molecular complexity index is 844. The minimum atomic E-state index is -0.778. The zero-order chi connectivity index (χ0) is 17.1. The molecule has 3 rings (SSSR count). The summed E-state index contributed by atoms with van der Waals surface area (Å²) in [4.78, 5) is 4.32. The molecule has 0 amide bonds. The fraction of sp³-hybridized carbons (Fsp3) is 0.278. The molecule has 0 aliphatic carbocycles. The first-order valence-electron chi connectivity index (χ1n) is 7.61. The van der Waals surface area contributed by atoms with E-state index in [1.54, 1.807) is 38.6 Å². The lowest BCUT2D eigenvalue weighted by molar-refractivity contribution is 0.186. The Balaban J connectivity index is 1.81. The highest BCUT2D eigenvalue weighted by Gasteiger charge is 2.16. The molecular formula is C18H20N2O4. The summed E-state index contributed by atoms with van der Waals surface area (Å²) in [6.07, 6.45) is 0.895. The number of nitrogens with zero attached hydrogens (tertiary/aromatic N) is 1. The molecule has 0 radical (unpaired) electrons. The molecule has 1 aromatic carbocycles. The van der Waals surface area contributed by atoms with E-state index in [2.05, 4.69) is 10.3 Å². The van der Waals surface area contributed by atoms with E-state index in [4.69, 9.17) is 13.9 Å². The molecule has 24 heavy (non-hydrogen) atoms. The number of fused-ring (bicyclic) bond motifs is 1. The average molecular weight is 328 g/mol. The van der Waals surface area contributed by atoms with Crippen LogP contribution in [0.2, 0.25) is 0 Å². The van der Waals surface area contributed by atoms with Crippen LogP contribution in [-0.4, -0.2) is 30.9 Å². The number of hydrogen-bond donors (Lipinski definition) is 2. The third-order valence-corrected chi connectivity index (χ3v) is 3.83. The quantitative estimate of drug-likeness (QED) is 0.723. The third kappa shape index (κ3) is 3.14. The Morgan fingerprint density at radius 2 is 2.04 bits per heavy atom. The first-order valence-corrected chi connectivity index (χ1v) is 7.61. The van der Waals surface area contributed by atoms with Gasteiger partial charge in [-0.3, -0.25) is 0 Å². The molecule has 2 heterocycles. The third-order valence-electron chi connectivity index (χ3n) is 3.83. The predicted octanol–water partition coefficient (Wildman–Crippen LogP) is 3.30. The molecule has 3 aromatic rings. The number of furan rings is 1. The number of hydrogen-bond acceptors (Lipinski definition) is 6. The van der Waals surface area contributed by atoms with Gasteiger partial charge in [0.25, 0.3) is 0 Å². The number of benzene rings is 1. The largest absolute Gasteiger partial charge is 0.497 e. The summed E-state index contributed by atoms with van der Waals surface area (Å²) in [6.45, 7) is 2.17. The summed E-state index contributed by atoms with van der Waals surface area (Å²) >= 11 is 0. The number of nitrogens with one attached hydrogen (secondary N) is 1. The number of aryl methyl sites for hydroxylation is 1. The lowest BCUT2D eigenvalue weighted by Gasteiger charge is -2.17. The lowest BCUT2D eigenvalue weighted by Crippen LogP contribution is -2.14. The van der Waals surface area contributed by atoms with Crippen molar-refractivity contribution in [2.24, 2.45) is 0 Å². The Morgan fingerprint density at radius 1 is 1.21 bits per heavy atom. The highest BCUT2D eigenvalue weighted by molar-refractivity contribution is 5.88. The highest BCUT2D eigenvalue weighted by atomic mass is 16.5. The molecule has 0 spiro atoms. The van der Waals surface area contributed by atoms with Crippen LogP contribution in [0.4, 0.5) is 5.82 Å². The van der Waals surface area contributed by atoms with Crippen molar-refractivity contribution in [1.29, 1.82) is 0 Å². The number of aliphatic hydroxyl groups excluding tert-OH is 1. The Hall–Kier alpha value is -2.73. The molecule has 126 valence electrons. The van der Waals surface area contributed by atoms with Gasteiger partial charge >= 0.3 is 0 Å². The topological polar surface area (TPSA) is 76.8 Å². The van der Waals surface area contributed by atoms with Crippen molar-refractivity contribution in [1.82, 2.24) is 4.98 Å². The van der Waals surface area contributed by atoms with Crippen LogP contribution >= 0.6 is 0 Å². The number of methoxy groups -OCH3 is 2. The van der Waals surface area contributed by atoms with Crippen molar-refractivity contribution in [3.05, 3.63) is 47.9 Å². The summed E-state index contributed by atoms with van der Waals surface area (Å²) in [5.41, 5.74) is 1.42. The van der Waals surface area contributed by atoms with Crippen LogP contribution in [0.5, 0.6) is 11.5 Å². The second-order valence-electron chi connectivity index (χ2n) is 5.43. The van der Waals surface area contributed by atoms with Crippen LogP contribution < -0.4 is 14.8 Å². The fourth-order valence-corrected chi connectivity index (χ4v) is 2.63. The van der Waals surface area contributed by atoms with E-state index in [1.807, 2.05) is 19.1 Å². The van der Waals surface area contributed by atoms with Crippen molar-refractivity contribution in [3.8, 4) is 11.5 Å². The monoisotopic (exact) mass is 328 g/mol. The zero-order valence-corrected chi connectivity index (χ0v) is 13.9. The highest BCUT2D eigenvalue weighted by Crippen LogP contribution is 2.30. The van der Waals surface area contributed by atoms with Crippen molar-refractivity contribution in [2.45, 2.75) is 13.0 Å². The van der Waals surface area contributed by atoms with Crippen LogP contribution in [0.1, 0.15) is 17.4 Å². The second kappa shape index (κ2) is 6.80. The molecule has 6 heteroatoms. The maximum atomic E-state index is 10.5. The van der Waals surface area contributed by atoms with Crippen LogP contribution in [0, 0.1) is 6.92 Å². The molecule has 0 saturated heterocycles. The van der Waals surface area contributed by atoms with Gasteiger partial charge in [0.15, 0.2) is 0 Å². The van der Waals surface area contributed by atoms with E-state index in [0.717, 1.165) is 16.7 Å². The number of aliphatic hydroxyl groups is 1. The van der Waals surface area contributed by atoms with Crippen molar-refractivity contribution in [3.63, 3.8) is 0 Å².